The van der Waals surface area contributed by atoms with E-state index in [1.54, 1.807) is 0 Å². The standard InChI is InChI=1S/CH4N2O.3ClH.Co/c2-1(3)4;;;;/h(H4,2,3,4);3*1H;/q;;;;+3/p-3. The zero-order valence-corrected chi connectivity index (χ0v) is 6.84. The Labute approximate surface area is 63.7 Å². The number of amides is 2. The second kappa shape index (κ2) is 7.65. The van der Waals surface area contributed by atoms with Gasteiger partial charge in [-0.05, 0) is 0 Å². The first-order chi connectivity index (χ1) is 3.46. The van der Waals surface area contributed by atoms with E-state index in [-0.39, 0.29) is 0 Å². The maximum atomic E-state index is 9.00. The third-order valence-electron chi connectivity index (χ3n) is 0. The van der Waals surface area contributed by atoms with Gasteiger partial charge in [0.25, 0.3) is 0 Å². The van der Waals surface area contributed by atoms with Gasteiger partial charge in [-0.25, -0.2) is 4.79 Å². The predicted molar refractivity (Wildman–Crippen MR) is 31.3 cm³/mol. The van der Waals surface area contributed by atoms with Crippen LogP contribution in [0.5, 0.6) is 0 Å². The van der Waals surface area contributed by atoms with Crippen molar-refractivity contribution in [1.29, 1.82) is 0 Å². The van der Waals surface area contributed by atoms with Crippen LogP contribution in [0.3, 0.4) is 0 Å². The van der Waals surface area contributed by atoms with Crippen LogP contribution in [0.15, 0.2) is 0 Å². The van der Waals surface area contributed by atoms with Gasteiger partial charge in [0.05, 0.1) is 0 Å². The Morgan fingerprint density at radius 2 is 1.25 bits per heavy atom. The van der Waals surface area contributed by atoms with Crippen LogP contribution in [0.25, 0.3) is 0 Å². The number of urea groups is 1. The Morgan fingerprint density at radius 3 is 1.25 bits per heavy atom. The summed E-state index contributed by atoms with van der Waals surface area (Å²) in [6, 6.07) is -0.833. The van der Waals surface area contributed by atoms with Gasteiger partial charge in [-0.1, -0.05) is 0 Å². The molecule has 4 N–H and O–H groups in total. The third kappa shape index (κ3) is 507. The number of hydrogen-bond acceptors (Lipinski definition) is 1. The monoisotopic (exact) mass is 224 g/mol. The van der Waals surface area contributed by atoms with Crippen molar-refractivity contribution in [3.63, 3.8) is 0 Å². The second-order valence-corrected chi connectivity index (χ2v) is 5.70. The number of primary amides is 2. The number of nitrogens with two attached hydrogens (primary N) is 2. The molecule has 0 rings (SSSR count). The molecule has 0 saturated carbocycles. The number of carbonyl (C=O) groups is 1. The van der Waals surface area contributed by atoms with Crippen molar-refractivity contribution >= 4 is 36.5 Å². The fraction of sp³-hybridized carbons (Fsp3) is 0. The van der Waals surface area contributed by atoms with Gasteiger partial charge in [-0.2, -0.15) is 0 Å². The average Bonchev–Trinajstić information content (AvgIpc) is 1.25. The van der Waals surface area contributed by atoms with Crippen LogP contribution >= 0.6 is 30.4 Å². The molecule has 0 aliphatic rings. The Kier molecular flexibility index (Phi) is 10.9. The molecule has 2 amide bonds. The van der Waals surface area contributed by atoms with E-state index in [9.17, 15) is 0 Å². The number of carbonyl (C=O) groups excluding carboxylic acids is 1. The van der Waals surface area contributed by atoms with Gasteiger partial charge < -0.3 is 11.5 Å². The van der Waals surface area contributed by atoms with Crippen LogP contribution in [0.2, 0.25) is 0 Å². The molecule has 0 aromatic rings. The van der Waals surface area contributed by atoms with Crippen LogP contribution in [0.1, 0.15) is 0 Å². The van der Waals surface area contributed by atoms with Crippen LogP contribution in [0, 0.1) is 0 Å². The van der Waals surface area contributed by atoms with E-state index in [0.717, 1.165) is 0 Å². The SMILES string of the molecule is NC(N)=O.[Cl][Co]([Cl])[Cl]. The molecule has 0 unspecified atom stereocenters. The maximum absolute atomic E-state index is 9.00. The van der Waals surface area contributed by atoms with Gasteiger partial charge in [0.2, 0.25) is 0 Å². The summed E-state index contributed by atoms with van der Waals surface area (Å²) in [7, 11) is 13.4. The molecule has 0 spiro atoms. The van der Waals surface area contributed by atoms with Crippen LogP contribution in [-0.4, -0.2) is 6.03 Å². The fourth-order valence-corrected chi connectivity index (χ4v) is 0. The molecule has 0 radical (unpaired) electrons. The van der Waals surface area contributed by atoms with E-state index in [0.29, 0.717) is 0 Å². The summed E-state index contributed by atoms with van der Waals surface area (Å²) < 4.78 is 0. The summed E-state index contributed by atoms with van der Waals surface area (Å²) in [5.74, 6) is 0. The molecule has 0 aliphatic carbocycles. The van der Waals surface area contributed by atoms with Crippen molar-refractivity contribution in [3.05, 3.63) is 0 Å². The average molecular weight is 225 g/mol. The Morgan fingerprint density at radius 1 is 1.25 bits per heavy atom. The van der Waals surface area contributed by atoms with E-state index in [2.05, 4.69) is 11.5 Å². The zero-order valence-electron chi connectivity index (χ0n) is 3.53. The van der Waals surface area contributed by atoms with E-state index >= 15 is 0 Å². The van der Waals surface area contributed by atoms with E-state index in [1.165, 1.54) is 0 Å². The Bertz CT molecular complexity index is 61.5. The summed E-state index contributed by atoms with van der Waals surface area (Å²) in [5.41, 5.74) is 8.50. The van der Waals surface area contributed by atoms with Gasteiger partial charge in [0.1, 0.15) is 0 Å². The number of rotatable bonds is 0. The van der Waals surface area contributed by atoms with Crippen molar-refractivity contribution < 1.29 is 15.7 Å². The van der Waals surface area contributed by atoms with Crippen molar-refractivity contribution in [3.8, 4) is 0 Å². The molecule has 0 saturated heterocycles. The predicted octanol–water partition coefficient (Wildman–Crippen LogP) is 1.09. The molecule has 0 atom stereocenters. The van der Waals surface area contributed by atoms with Crippen molar-refractivity contribution in [1.82, 2.24) is 0 Å². The van der Waals surface area contributed by atoms with Crippen molar-refractivity contribution in [2.24, 2.45) is 11.5 Å². The summed E-state index contributed by atoms with van der Waals surface area (Å²) in [5, 5.41) is 0. The third-order valence-corrected chi connectivity index (χ3v) is 0. The van der Waals surface area contributed by atoms with Crippen LogP contribution < -0.4 is 11.5 Å². The van der Waals surface area contributed by atoms with Crippen molar-refractivity contribution in [2.75, 3.05) is 0 Å². The van der Waals surface area contributed by atoms with E-state index < -0.39 is 17.0 Å². The molecular weight excluding hydrogens is 221 g/mol. The first-order valence-corrected chi connectivity index (χ1v) is 5.46. The first kappa shape index (κ1) is 11.4. The first-order valence-electron chi connectivity index (χ1n) is 1.16. The summed E-state index contributed by atoms with van der Waals surface area (Å²) in [4.78, 5) is 9.00. The second-order valence-electron chi connectivity index (χ2n) is 0.545. The topological polar surface area (TPSA) is 69.1 Å². The molecule has 0 aliphatic heterocycles. The summed E-state index contributed by atoms with van der Waals surface area (Å²) in [6.07, 6.45) is 0. The molecule has 0 aromatic carbocycles. The van der Waals surface area contributed by atoms with E-state index in [1.807, 2.05) is 0 Å². The number of hydrogen-bond donors (Lipinski definition) is 2. The molecule has 54 valence electrons. The molecule has 7 heteroatoms. The normalized spacial score (nSPS) is 8.62. The number of halogens is 3. The van der Waals surface area contributed by atoms with E-state index in [4.69, 9.17) is 35.2 Å². The van der Waals surface area contributed by atoms with Crippen molar-refractivity contribution in [2.45, 2.75) is 0 Å². The van der Waals surface area contributed by atoms with Gasteiger partial charge in [0.15, 0.2) is 0 Å². The van der Waals surface area contributed by atoms with Crippen LogP contribution in [0.4, 0.5) is 4.79 Å². The Balaban J connectivity index is 0. The van der Waals surface area contributed by atoms with Gasteiger partial charge >= 0.3 is 47.4 Å². The molecular formula is CH4Cl3CoN2O. The minimum atomic E-state index is -1.19. The molecule has 3 nitrogen and oxygen atoms in total. The van der Waals surface area contributed by atoms with Crippen LogP contribution in [-0.2, 0) is 10.9 Å². The quantitative estimate of drug-likeness (QED) is 0.636. The molecule has 0 heterocycles. The van der Waals surface area contributed by atoms with Gasteiger partial charge in [0, 0.05) is 0 Å². The van der Waals surface area contributed by atoms with Gasteiger partial charge in [-0.15, -0.1) is 0 Å². The molecule has 8 heavy (non-hydrogen) atoms. The zero-order chi connectivity index (χ0) is 7.15. The molecule has 0 fully saturated rings. The molecule has 0 aromatic heterocycles. The minimum absolute atomic E-state index is 0.833. The summed E-state index contributed by atoms with van der Waals surface area (Å²) in [6.45, 7) is 0. The summed E-state index contributed by atoms with van der Waals surface area (Å²) >= 11 is 0. The van der Waals surface area contributed by atoms with Gasteiger partial charge in [-0.3, -0.25) is 0 Å². The molecule has 0 bridgehead atoms. The Hall–Kier alpha value is 0.646. The fourth-order valence-electron chi connectivity index (χ4n) is 0.